The molecule has 0 amide bonds. The number of aliphatic carboxylic acids is 1. The van der Waals surface area contributed by atoms with Crippen molar-refractivity contribution in [2.45, 2.75) is 38.5 Å². The SMILES string of the molecule is CN(C(N)=NP(=O)(OCCCOC(=O)OCc1ccccc1)OCCCOC(=O)OCc1ccccc1)C(Cc1ccccc1)C(=O)O. The number of benzene rings is 3. The third-order valence-corrected chi connectivity index (χ3v) is 8.00. The summed E-state index contributed by atoms with van der Waals surface area (Å²) in [6.07, 6.45) is -1.49. The van der Waals surface area contributed by atoms with E-state index in [4.69, 9.17) is 33.7 Å². The summed E-state index contributed by atoms with van der Waals surface area (Å²) in [4.78, 5) is 37.1. The van der Waals surface area contributed by atoms with E-state index in [1.165, 1.54) is 7.05 Å². The first-order chi connectivity index (χ1) is 23.1. The van der Waals surface area contributed by atoms with Crippen LogP contribution >= 0.6 is 7.75 Å². The van der Waals surface area contributed by atoms with Crippen LogP contribution in [0, 0.1) is 0 Å². The van der Waals surface area contributed by atoms with Crippen molar-refractivity contribution in [1.82, 2.24) is 4.90 Å². The predicted molar refractivity (Wildman–Crippen MR) is 175 cm³/mol. The van der Waals surface area contributed by atoms with Gasteiger partial charge in [-0.3, -0.25) is 9.05 Å². The maximum atomic E-state index is 13.6. The highest BCUT2D eigenvalue weighted by molar-refractivity contribution is 7.52. The lowest BCUT2D eigenvalue weighted by molar-refractivity contribution is -0.141. The van der Waals surface area contributed by atoms with Gasteiger partial charge >= 0.3 is 26.0 Å². The molecule has 3 aromatic rings. The number of nitrogens with zero attached hydrogens (tertiary/aromatic N) is 2. The van der Waals surface area contributed by atoms with E-state index in [-0.39, 0.29) is 58.9 Å². The highest BCUT2D eigenvalue weighted by Gasteiger charge is 2.30. The average molecular weight is 686 g/mol. The second-order valence-electron chi connectivity index (χ2n) is 10.2. The van der Waals surface area contributed by atoms with E-state index in [0.717, 1.165) is 21.6 Å². The molecule has 0 bridgehead atoms. The van der Waals surface area contributed by atoms with Crippen molar-refractivity contribution >= 4 is 32.0 Å². The van der Waals surface area contributed by atoms with Gasteiger partial charge in [-0.05, 0) is 16.7 Å². The molecule has 1 atom stereocenters. The number of guanidine groups is 1. The summed E-state index contributed by atoms with van der Waals surface area (Å²) in [5.41, 5.74) is 8.43. The molecule has 0 heterocycles. The van der Waals surface area contributed by atoms with Gasteiger partial charge in [-0.15, -0.1) is 4.76 Å². The van der Waals surface area contributed by atoms with Crippen molar-refractivity contribution in [2.24, 2.45) is 10.5 Å². The molecule has 0 aromatic heterocycles. The third-order valence-electron chi connectivity index (χ3n) is 6.54. The number of carbonyl (C=O) groups excluding carboxylic acids is 2. The van der Waals surface area contributed by atoms with Crippen LogP contribution in [0.4, 0.5) is 9.59 Å². The predicted octanol–water partition coefficient (Wildman–Crippen LogP) is 5.56. The first-order valence-electron chi connectivity index (χ1n) is 15.1. The smallest absolute Gasteiger partial charge is 0.480 e. The first-order valence-corrected chi connectivity index (χ1v) is 16.6. The van der Waals surface area contributed by atoms with Gasteiger partial charge in [0.05, 0.1) is 26.4 Å². The van der Waals surface area contributed by atoms with Crippen LogP contribution in [-0.4, -0.2) is 73.8 Å². The summed E-state index contributed by atoms with van der Waals surface area (Å²) in [5.74, 6) is -1.58. The highest BCUT2D eigenvalue weighted by Crippen LogP contribution is 2.50. The maximum absolute atomic E-state index is 13.6. The van der Waals surface area contributed by atoms with Crippen molar-refractivity contribution in [3.05, 3.63) is 108 Å². The molecule has 0 radical (unpaired) electrons. The van der Waals surface area contributed by atoms with E-state index < -0.39 is 38.0 Å². The van der Waals surface area contributed by atoms with Gasteiger partial charge < -0.3 is 34.7 Å². The fourth-order valence-electron chi connectivity index (χ4n) is 3.98. The zero-order valence-corrected chi connectivity index (χ0v) is 27.4. The second kappa shape index (κ2) is 20.4. The summed E-state index contributed by atoms with van der Waals surface area (Å²) >= 11 is 0. The van der Waals surface area contributed by atoms with Gasteiger partial charge in [0.2, 0.25) is 5.96 Å². The number of carboxylic acid groups (broad SMARTS) is 1. The molecule has 0 spiro atoms. The highest BCUT2D eigenvalue weighted by atomic mass is 31.2. The quantitative estimate of drug-likeness (QED) is 0.0526. The fourth-order valence-corrected chi connectivity index (χ4v) is 5.28. The molecule has 48 heavy (non-hydrogen) atoms. The summed E-state index contributed by atoms with van der Waals surface area (Å²) in [5, 5.41) is 9.86. The van der Waals surface area contributed by atoms with E-state index in [9.17, 15) is 24.1 Å². The molecule has 14 nitrogen and oxygen atoms in total. The molecule has 15 heteroatoms. The Balaban J connectivity index is 1.53. The lowest BCUT2D eigenvalue weighted by atomic mass is 10.1. The zero-order valence-electron chi connectivity index (χ0n) is 26.6. The van der Waals surface area contributed by atoms with Crippen LogP contribution in [0.5, 0.6) is 0 Å². The van der Waals surface area contributed by atoms with E-state index in [1.54, 1.807) is 54.6 Å². The van der Waals surface area contributed by atoms with Crippen molar-refractivity contribution in [3.63, 3.8) is 0 Å². The van der Waals surface area contributed by atoms with Gasteiger partial charge in [-0.2, -0.15) is 0 Å². The molecule has 0 aliphatic rings. The van der Waals surface area contributed by atoms with Crippen LogP contribution in [0.15, 0.2) is 95.8 Å². The number of hydrogen-bond donors (Lipinski definition) is 2. The van der Waals surface area contributed by atoms with Crippen LogP contribution in [-0.2, 0) is 57.0 Å². The largest absolute Gasteiger partial charge is 0.508 e. The molecular weight excluding hydrogens is 645 g/mol. The standard InChI is InChI=1S/C33H40N3O11P/c1-36(29(30(37)38)23-26-13-5-2-6-14-26)31(34)35-48(41,46-21-11-19-42-32(39)44-24-27-15-7-3-8-16-27)47-22-12-20-43-33(40)45-25-28-17-9-4-10-18-28/h2-10,13-18,29H,11-12,19-25H2,1H3,(H,37,38)(H2,34,35,41). The maximum Gasteiger partial charge on any atom is 0.508 e. The van der Waals surface area contributed by atoms with Crippen LogP contribution in [0.3, 0.4) is 0 Å². The average Bonchev–Trinajstić information content (AvgIpc) is 3.09. The Kier molecular flexibility index (Phi) is 15.9. The molecule has 3 aromatic carbocycles. The fraction of sp³-hybridized carbons (Fsp3) is 0.333. The summed E-state index contributed by atoms with van der Waals surface area (Å²) in [6.45, 7) is -0.613. The number of rotatable bonds is 19. The van der Waals surface area contributed by atoms with Crippen LogP contribution in [0.2, 0.25) is 0 Å². The number of ether oxygens (including phenoxy) is 4. The molecule has 0 fully saturated rings. The van der Waals surface area contributed by atoms with Gasteiger partial charge in [0, 0.05) is 26.3 Å². The van der Waals surface area contributed by atoms with E-state index >= 15 is 0 Å². The molecule has 0 saturated heterocycles. The van der Waals surface area contributed by atoms with Gasteiger partial charge in [0.25, 0.3) is 0 Å². The third kappa shape index (κ3) is 14.2. The molecule has 3 rings (SSSR count). The number of hydrogen-bond acceptors (Lipinski definition) is 10. The number of likely N-dealkylation sites (N-methyl/N-ethyl adjacent to an activating group) is 1. The van der Waals surface area contributed by atoms with E-state index in [0.29, 0.717) is 0 Å². The normalized spacial score (nSPS) is 12.1. The molecule has 0 saturated carbocycles. The molecule has 258 valence electrons. The Bertz CT molecular complexity index is 1420. The Labute approximate surface area is 278 Å². The summed E-state index contributed by atoms with van der Waals surface area (Å²) in [6, 6.07) is 25.9. The van der Waals surface area contributed by atoms with Gasteiger partial charge in [-0.1, -0.05) is 91.0 Å². The number of carbonyl (C=O) groups is 3. The minimum atomic E-state index is -4.33. The topological polar surface area (TPSA) is 186 Å². The summed E-state index contributed by atoms with van der Waals surface area (Å²) in [7, 11) is -2.93. The molecule has 0 aliphatic heterocycles. The Morgan fingerprint density at radius 2 is 1.12 bits per heavy atom. The van der Waals surface area contributed by atoms with Crippen molar-refractivity contribution < 1.29 is 52.1 Å². The molecule has 3 N–H and O–H groups in total. The Morgan fingerprint density at radius 3 is 1.54 bits per heavy atom. The molecular formula is C33H40N3O11P. The number of nitrogens with two attached hydrogens (primary N) is 1. The molecule has 1 unspecified atom stereocenters. The zero-order chi connectivity index (χ0) is 34.6. The lowest BCUT2D eigenvalue weighted by Crippen LogP contribution is -2.47. The minimum absolute atomic E-state index is 0.0385. The molecule has 0 aliphatic carbocycles. The lowest BCUT2D eigenvalue weighted by Gasteiger charge is -2.26. The number of carboxylic acids is 1. The van der Waals surface area contributed by atoms with Gasteiger partial charge in [0.1, 0.15) is 19.3 Å². The van der Waals surface area contributed by atoms with E-state index in [1.807, 2.05) is 36.4 Å². The minimum Gasteiger partial charge on any atom is -0.480 e. The van der Waals surface area contributed by atoms with Crippen LogP contribution in [0.25, 0.3) is 0 Å². The van der Waals surface area contributed by atoms with Gasteiger partial charge in [-0.25, -0.2) is 18.9 Å². The van der Waals surface area contributed by atoms with Crippen LogP contribution in [0.1, 0.15) is 29.5 Å². The first kappa shape index (κ1) is 37.5. The van der Waals surface area contributed by atoms with E-state index in [2.05, 4.69) is 4.76 Å². The van der Waals surface area contributed by atoms with Crippen LogP contribution < -0.4 is 5.73 Å². The summed E-state index contributed by atoms with van der Waals surface area (Å²) < 4.78 is 48.7. The van der Waals surface area contributed by atoms with Crippen molar-refractivity contribution in [2.75, 3.05) is 33.5 Å². The van der Waals surface area contributed by atoms with Gasteiger partial charge in [0.15, 0.2) is 0 Å². The Hall–Kier alpha value is -4.91. The van der Waals surface area contributed by atoms with Crippen molar-refractivity contribution in [1.29, 1.82) is 0 Å². The monoisotopic (exact) mass is 685 g/mol. The van der Waals surface area contributed by atoms with Crippen molar-refractivity contribution in [3.8, 4) is 0 Å². The Morgan fingerprint density at radius 1 is 0.708 bits per heavy atom. The second-order valence-corrected chi connectivity index (χ2v) is 11.9.